The zero-order chi connectivity index (χ0) is 15.4. The first-order valence-electron chi connectivity index (χ1n) is 7.16. The number of carbonyl (C=O) groups excluding carboxylic acids is 1. The maximum absolute atomic E-state index is 12.4. The van der Waals surface area contributed by atoms with E-state index >= 15 is 0 Å². The molecule has 0 unspecified atom stereocenters. The Kier molecular flexibility index (Phi) is 4.72. The molecule has 7 nitrogen and oxygen atoms in total. The van der Waals surface area contributed by atoms with E-state index in [0.717, 1.165) is 12.8 Å². The average molecular weight is 293 g/mol. The molecule has 1 saturated heterocycles. The lowest BCUT2D eigenvalue weighted by Gasteiger charge is -2.21. The van der Waals surface area contributed by atoms with Crippen molar-refractivity contribution in [2.45, 2.75) is 45.2 Å². The molecule has 0 bridgehead atoms. The minimum absolute atomic E-state index is 0.124. The molecule has 114 valence electrons. The van der Waals surface area contributed by atoms with E-state index in [4.69, 9.17) is 5.11 Å². The van der Waals surface area contributed by atoms with E-state index in [2.05, 4.69) is 5.10 Å². The number of aliphatic carboxylic acids is 1. The molecule has 1 fully saturated rings. The minimum atomic E-state index is -1.000. The maximum atomic E-state index is 12.4. The molecule has 0 saturated carbocycles. The molecule has 2 heterocycles. The van der Waals surface area contributed by atoms with E-state index in [0.29, 0.717) is 25.9 Å². The van der Waals surface area contributed by atoms with Gasteiger partial charge in [0.2, 0.25) is 0 Å². The van der Waals surface area contributed by atoms with Gasteiger partial charge < -0.3 is 10.0 Å². The van der Waals surface area contributed by atoms with Gasteiger partial charge in [-0.3, -0.25) is 9.59 Å². The molecule has 1 aliphatic rings. The predicted molar refractivity (Wildman–Crippen MR) is 75.1 cm³/mol. The summed E-state index contributed by atoms with van der Waals surface area (Å²) in [6.07, 6.45) is 2.83. The van der Waals surface area contributed by atoms with Gasteiger partial charge in [-0.25, -0.2) is 9.48 Å². The molecule has 1 atom stereocenters. The number of hydrogen-bond acceptors (Lipinski definition) is 4. The van der Waals surface area contributed by atoms with Crippen LogP contribution in [0, 0.1) is 0 Å². The third kappa shape index (κ3) is 3.29. The number of aryl methyl sites for hydroxylation is 1. The van der Waals surface area contributed by atoms with Crippen LogP contribution >= 0.6 is 0 Å². The first-order valence-corrected chi connectivity index (χ1v) is 7.16. The highest BCUT2D eigenvalue weighted by Crippen LogP contribution is 2.19. The number of carbonyl (C=O) groups is 2. The molecule has 0 spiro atoms. The van der Waals surface area contributed by atoms with Crippen LogP contribution in [-0.4, -0.2) is 44.3 Å². The Hall–Kier alpha value is -2.18. The average Bonchev–Trinajstić information content (AvgIpc) is 2.95. The first kappa shape index (κ1) is 15.2. The number of unbranched alkanes of at least 4 members (excludes halogenated alkanes) is 1. The van der Waals surface area contributed by atoms with Gasteiger partial charge >= 0.3 is 5.97 Å². The zero-order valence-corrected chi connectivity index (χ0v) is 12.0. The summed E-state index contributed by atoms with van der Waals surface area (Å²) in [5, 5.41) is 13.2. The van der Waals surface area contributed by atoms with Crippen molar-refractivity contribution in [1.82, 2.24) is 14.7 Å². The fourth-order valence-corrected chi connectivity index (χ4v) is 2.44. The van der Waals surface area contributed by atoms with Gasteiger partial charge in [0, 0.05) is 19.2 Å². The van der Waals surface area contributed by atoms with Gasteiger partial charge in [0.05, 0.1) is 0 Å². The monoisotopic (exact) mass is 293 g/mol. The second kappa shape index (κ2) is 6.51. The fraction of sp³-hybridized carbons (Fsp3) is 0.571. The number of rotatable bonds is 5. The number of likely N-dealkylation sites (tertiary alicyclic amines) is 1. The second-order valence-corrected chi connectivity index (χ2v) is 5.13. The van der Waals surface area contributed by atoms with Gasteiger partial charge in [-0.2, -0.15) is 5.10 Å². The molecule has 0 aromatic carbocycles. The van der Waals surface area contributed by atoms with Crippen molar-refractivity contribution >= 4 is 11.9 Å². The molecule has 2 rings (SSSR count). The van der Waals surface area contributed by atoms with Crippen LogP contribution in [0.1, 0.15) is 43.1 Å². The highest BCUT2D eigenvalue weighted by atomic mass is 16.4. The molecule has 1 aromatic rings. The molecule has 1 amide bonds. The summed E-state index contributed by atoms with van der Waals surface area (Å²) in [4.78, 5) is 36.5. The first-order chi connectivity index (χ1) is 10.0. The summed E-state index contributed by atoms with van der Waals surface area (Å²) in [6, 6.07) is 1.88. The number of amides is 1. The molecular weight excluding hydrogens is 274 g/mol. The summed E-state index contributed by atoms with van der Waals surface area (Å²) in [5.74, 6) is -1.43. The van der Waals surface area contributed by atoms with Crippen LogP contribution in [0.25, 0.3) is 0 Å². The minimum Gasteiger partial charge on any atom is -0.480 e. The molecule has 1 N–H and O–H groups in total. The quantitative estimate of drug-likeness (QED) is 0.864. The van der Waals surface area contributed by atoms with Crippen LogP contribution in [0.2, 0.25) is 0 Å². The van der Waals surface area contributed by atoms with E-state index in [1.165, 1.54) is 21.7 Å². The van der Waals surface area contributed by atoms with Crippen LogP contribution < -0.4 is 5.56 Å². The third-order valence-corrected chi connectivity index (χ3v) is 3.61. The summed E-state index contributed by atoms with van der Waals surface area (Å²) < 4.78 is 1.27. The Balaban J connectivity index is 2.23. The van der Waals surface area contributed by atoms with E-state index in [1.807, 2.05) is 6.92 Å². The highest BCUT2D eigenvalue weighted by molar-refractivity contribution is 5.95. The number of nitrogens with zero attached hydrogens (tertiary/aromatic N) is 3. The topological polar surface area (TPSA) is 92.5 Å². The standard InChI is InChI=1S/C14H19N3O4/c1-2-3-9-17-12(18)7-6-10(15-17)13(19)16-8-4-5-11(16)14(20)21/h6-7,11H,2-5,8-9H2,1H3,(H,20,21)/t11-/m1/s1. The van der Waals surface area contributed by atoms with Crippen molar-refractivity contribution in [3.05, 3.63) is 28.2 Å². The second-order valence-electron chi connectivity index (χ2n) is 5.13. The lowest BCUT2D eigenvalue weighted by Crippen LogP contribution is -2.41. The van der Waals surface area contributed by atoms with Gasteiger partial charge in [-0.15, -0.1) is 0 Å². The molecule has 0 aliphatic carbocycles. The zero-order valence-electron chi connectivity index (χ0n) is 12.0. The van der Waals surface area contributed by atoms with Crippen LogP contribution in [0.4, 0.5) is 0 Å². The largest absolute Gasteiger partial charge is 0.480 e. The third-order valence-electron chi connectivity index (χ3n) is 3.61. The lowest BCUT2D eigenvalue weighted by molar-refractivity contribution is -0.141. The predicted octanol–water partition coefficient (Wildman–Crippen LogP) is 0.733. The Morgan fingerprint density at radius 3 is 2.86 bits per heavy atom. The summed E-state index contributed by atoms with van der Waals surface area (Å²) in [7, 11) is 0. The maximum Gasteiger partial charge on any atom is 0.326 e. The Morgan fingerprint density at radius 2 is 2.19 bits per heavy atom. The molecule has 1 aromatic heterocycles. The Labute approximate surface area is 122 Å². The Morgan fingerprint density at radius 1 is 1.43 bits per heavy atom. The van der Waals surface area contributed by atoms with Gasteiger partial charge in [0.25, 0.3) is 11.5 Å². The number of hydrogen-bond donors (Lipinski definition) is 1. The van der Waals surface area contributed by atoms with Crippen LogP contribution in [0.5, 0.6) is 0 Å². The van der Waals surface area contributed by atoms with E-state index in [-0.39, 0.29) is 11.3 Å². The van der Waals surface area contributed by atoms with Crippen LogP contribution in [0.15, 0.2) is 16.9 Å². The Bertz CT molecular complexity index is 596. The van der Waals surface area contributed by atoms with Crippen molar-refractivity contribution in [1.29, 1.82) is 0 Å². The normalized spacial score (nSPS) is 18.0. The molecule has 0 radical (unpaired) electrons. The number of carboxylic acid groups (broad SMARTS) is 1. The van der Waals surface area contributed by atoms with Crippen LogP contribution in [-0.2, 0) is 11.3 Å². The van der Waals surface area contributed by atoms with Gasteiger partial charge in [0.15, 0.2) is 0 Å². The fourth-order valence-electron chi connectivity index (χ4n) is 2.44. The van der Waals surface area contributed by atoms with E-state index in [9.17, 15) is 14.4 Å². The SMILES string of the molecule is CCCCn1nc(C(=O)N2CCC[C@@H]2C(=O)O)ccc1=O. The van der Waals surface area contributed by atoms with Crippen molar-refractivity contribution in [3.8, 4) is 0 Å². The van der Waals surface area contributed by atoms with Gasteiger partial charge in [-0.05, 0) is 25.3 Å². The van der Waals surface area contributed by atoms with Crippen LogP contribution in [0.3, 0.4) is 0 Å². The van der Waals surface area contributed by atoms with Gasteiger partial charge in [0.1, 0.15) is 11.7 Å². The summed E-state index contributed by atoms with van der Waals surface area (Å²) >= 11 is 0. The number of aromatic nitrogens is 2. The molecule has 7 heteroatoms. The molecular formula is C14H19N3O4. The van der Waals surface area contributed by atoms with Gasteiger partial charge in [-0.1, -0.05) is 13.3 Å². The van der Waals surface area contributed by atoms with E-state index < -0.39 is 17.9 Å². The van der Waals surface area contributed by atoms with Crippen molar-refractivity contribution in [2.24, 2.45) is 0 Å². The van der Waals surface area contributed by atoms with Crippen molar-refractivity contribution in [3.63, 3.8) is 0 Å². The molecule has 21 heavy (non-hydrogen) atoms. The number of carboxylic acids is 1. The van der Waals surface area contributed by atoms with Crippen molar-refractivity contribution < 1.29 is 14.7 Å². The molecule has 1 aliphatic heterocycles. The summed E-state index contributed by atoms with van der Waals surface area (Å²) in [5.41, 5.74) is -0.130. The van der Waals surface area contributed by atoms with E-state index in [1.54, 1.807) is 0 Å². The van der Waals surface area contributed by atoms with Crippen molar-refractivity contribution in [2.75, 3.05) is 6.54 Å². The summed E-state index contributed by atoms with van der Waals surface area (Å²) in [6.45, 7) is 2.87. The smallest absolute Gasteiger partial charge is 0.326 e. The highest BCUT2D eigenvalue weighted by Gasteiger charge is 2.35. The lowest BCUT2D eigenvalue weighted by atomic mass is 10.2.